The number of hydrogen-bond donors (Lipinski definition) is 1. The van der Waals surface area contributed by atoms with Gasteiger partial charge in [0.1, 0.15) is 12.6 Å². The number of nitrogens with zero attached hydrogens (tertiary/aromatic N) is 2. The van der Waals surface area contributed by atoms with Crippen molar-refractivity contribution >= 4 is 43.5 Å². The number of sulfonamides is 1. The summed E-state index contributed by atoms with van der Waals surface area (Å²) in [5, 5.41) is 2.95. The minimum absolute atomic E-state index is 0.0628. The molecule has 0 radical (unpaired) electrons. The SMILES string of the molecule is CC[C@@H](C)NC(=O)[C@H](C)N(Cc1cccc(Br)c1)C(=O)CN(c1ccc(C(C)C)cc1)S(=O)(=O)c1ccccc1. The van der Waals surface area contributed by atoms with Crippen LogP contribution in [0.1, 0.15) is 58.1 Å². The Hall–Kier alpha value is -3.17. The van der Waals surface area contributed by atoms with E-state index >= 15 is 0 Å². The molecule has 0 fully saturated rings. The Bertz CT molecular complexity index is 1400. The lowest BCUT2D eigenvalue weighted by Gasteiger charge is -2.32. The molecule has 0 aliphatic carbocycles. The van der Waals surface area contributed by atoms with Gasteiger partial charge in [0.2, 0.25) is 11.8 Å². The van der Waals surface area contributed by atoms with Crippen molar-refractivity contribution in [3.8, 4) is 0 Å². The predicted molar refractivity (Wildman–Crippen MR) is 164 cm³/mol. The molecule has 3 rings (SSSR count). The Labute approximate surface area is 246 Å². The third-order valence-corrected chi connectivity index (χ3v) is 9.15. The average molecular weight is 629 g/mol. The highest BCUT2D eigenvalue weighted by Crippen LogP contribution is 2.27. The molecule has 0 saturated carbocycles. The summed E-state index contributed by atoms with van der Waals surface area (Å²) in [6, 6.07) is 21.8. The van der Waals surface area contributed by atoms with Crippen molar-refractivity contribution in [2.24, 2.45) is 0 Å². The van der Waals surface area contributed by atoms with Crippen LogP contribution >= 0.6 is 15.9 Å². The standard InChI is InChI=1S/C31H38BrN3O4S/c1-6-23(4)33-31(37)24(5)34(20-25-11-10-12-27(32)19-25)30(36)21-35(28-17-15-26(16-18-28)22(2)3)40(38,39)29-13-8-7-9-14-29/h7-19,22-24H,6,20-21H2,1-5H3,(H,33,37)/t23-,24+/m1/s1. The Morgan fingerprint density at radius 2 is 1.55 bits per heavy atom. The van der Waals surface area contributed by atoms with Gasteiger partial charge < -0.3 is 10.2 Å². The highest BCUT2D eigenvalue weighted by Gasteiger charge is 2.32. The van der Waals surface area contributed by atoms with Crippen LogP contribution in [-0.4, -0.2) is 43.8 Å². The molecule has 0 spiro atoms. The van der Waals surface area contributed by atoms with Crippen molar-refractivity contribution in [2.45, 2.75) is 70.5 Å². The lowest BCUT2D eigenvalue weighted by molar-refractivity contribution is -0.139. The van der Waals surface area contributed by atoms with Crippen molar-refractivity contribution in [2.75, 3.05) is 10.8 Å². The molecule has 3 aromatic rings. The largest absolute Gasteiger partial charge is 0.352 e. The first-order valence-electron chi connectivity index (χ1n) is 13.5. The third-order valence-electron chi connectivity index (χ3n) is 6.87. The number of nitrogens with one attached hydrogen (secondary N) is 1. The fourth-order valence-electron chi connectivity index (χ4n) is 4.15. The predicted octanol–water partition coefficient (Wildman–Crippen LogP) is 6.10. The van der Waals surface area contributed by atoms with E-state index in [4.69, 9.17) is 0 Å². The molecule has 0 aliphatic heterocycles. The Balaban J connectivity index is 2.03. The van der Waals surface area contributed by atoms with Gasteiger partial charge in [0.25, 0.3) is 10.0 Å². The first kappa shape index (κ1) is 31.4. The van der Waals surface area contributed by atoms with E-state index in [9.17, 15) is 18.0 Å². The second-order valence-corrected chi connectivity index (χ2v) is 13.0. The van der Waals surface area contributed by atoms with E-state index in [1.165, 1.54) is 17.0 Å². The molecule has 0 saturated heterocycles. The molecule has 0 unspecified atom stereocenters. The molecule has 7 nitrogen and oxygen atoms in total. The summed E-state index contributed by atoms with van der Waals surface area (Å²) >= 11 is 3.47. The zero-order valence-corrected chi connectivity index (χ0v) is 26.1. The van der Waals surface area contributed by atoms with Gasteiger partial charge in [-0.15, -0.1) is 0 Å². The van der Waals surface area contributed by atoms with Crippen LogP contribution in [0.4, 0.5) is 5.69 Å². The minimum atomic E-state index is -4.09. The Kier molecular flexibility index (Phi) is 10.9. The summed E-state index contributed by atoms with van der Waals surface area (Å²) in [7, 11) is -4.09. The van der Waals surface area contributed by atoms with Gasteiger partial charge in [-0.1, -0.05) is 79.2 Å². The fourth-order valence-corrected chi connectivity index (χ4v) is 6.04. The lowest BCUT2D eigenvalue weighted by atomic mass is 10.0. The molecule has 3 aromatic carbocycles. The van der Waals surface area contributed by atoms with E-state index in [0.29, 0.717) is 5.69 Å². The summed E-state index contributed by atoms with van der Waals surface area (Å²) in [6.07, 6.45) is 0.744. The van der Waals surface area contributed by atoms with Crippen LogP contribution in [0.5, 0.6) is 0 Å². The second-order valence-electron chi connectivity index (χ2n) is 10.2. The van der Waals surface area contributed by atoms with Crippen molar-refractivity contribution < 1.29 is 18.0 Å². The zero-order valence-electron chi connectivity index (χ0n) is 23.7. The van der Waals surface area contributed by atoms with Crippen molar-refractivity contribution in [1.82, 2.24) is 10.2 Å². The van der Waals surface area contributed by atoms with Crippen molar-refractivity contribution in [3.63, 3.8) is 0 Å². The summed E-state index contributed by atoms with van der Waals surface area (Å²) in [4.78, 5) is 28.7. The number of carbonyl (C=O) groups is 2. The molecule has 9 heteroatoms. The topological polar surface area (TPSA) is 86.8 Å². The van der Waals surface area contributed by atoms with Gasteiger partial charge in [-0.2, -0.15) is 0 Å². The first-order chi connectivity index (χ1) is 18.9. The maximum Gasteiger partial charge on any atom is 0.264 e. The van der Waals surface area contributed by atoms with Gasteiger partial charge in [0.05, 0.1) is 10.6 Å². The van der Waals surface area contributed by atoms with E-state index in [0.717, 1.165) is 26.3 Å². The number of halogens is 1. The number of carbonyl (C=O) groups excluding carboxylic acids is 2. The van der Waals surface area contributed by atoms with Gasteiger partial charge in [-0.05, 0) is 73.7 Å². The van der Waals surface area contributed by atoms with Gasteiger partial charge in [0, 0.05) is 17.1 Å². The smallest absolute Gasteiger partial charge is 0.264 e. The Morgan fingerprint density at radius 3 is 2.12 bits per heavy atom. The average Bonchev–Trinajstić information content (AvgIpc) is 2.94. The van der Waals surface area contributed by atoms with Crippen LogP contribution in [-0.2, 0) is 26.2 Å². The van der Waals surface area contributed by atoms with Crippen molar-refractivity contribution in [3.05, 3.63) is 94.5 Å². The molecule has 0 aliphatic rings. The summed E-state index contributed by atoms with van der Waals surface area (Å²) in [6.45, 7) is 9.33. The normalized spacial score (nSPS) is 13.0. The minimum Gasteiger partial charge on any atom is -0.352 e. The molecule has 2 atom stereocenters. The molecular weight excluding hydrogens is 590 g/mol. The Morgan fingerprint density at radius 1 is 0.900 bits per heavy atom. The fraction of sp³-hybridized carbons (Fsp3) is 0.355. The molecule has 0 heterocycles. The molecule has 40 heavy (non-hydrogen) atoms. The van der Waals surface area contributed by atoms with Gasteiger partial charge in [-0.25, -0.2) is 8.42 Å². The summed E-state index contributed by atoms with van der Waals surface area (Å²) < 4.78 is 29.7. The van der Waals surface area contributed by atoms with Crippen LogP contribution in [0, 0.1) is 0 Å². The van der Waals surface area contributed by atoms with Gasteiger partial charge >= 0.3 is 0 Å². The maximum atomic E-state index is 14.0. The number of benzene rings is 3. The quantitative estimate of drug-likeness (QED) is 0.263. The monoisotopic (exact) mass is 627 g/mol. The molecule has 2 amide bonds. The first-order valence-corrected chi connectivity index (χ1v) is 15.7. The van der Waals surface area contributed by atoms with Gasteiger partial charge in [0.15, 0.2) is 0 Å². The maximum absolute atomic E-state index is 14.0. The lowest BCUT2D eigenvalue weighted by Crippen LogP contribution is -2.52. The second kappa shape index (κ2) is 13.9. The van der Waals surface area contributed by atoms with Crippen LogP contribution in [0.2, 0.25) is 0 Å². The molecule has 214 valence electrons. The van der Waals surface area contributed by atoms with E-state index in [1.54, 1.807) is 37.3 Å². The highest BCUT2D eigenvalue weighted by atomic mass is 79.9. The van der Waals surface area contributed by atoms with E-state index in [2.05, 4.69) is 35.1 Å². The summed E-state index contributed by atoms with van der Waals surface area (Å²) in [5.74, 6) is -0.518. The summed E-state index contributed by atoms with van der Waals surface area (Å²) in [5.41, 5.74) is 2.24. The number of anilines is 1. The van der Waals surface area contributed by atoms with Crippen LogP contribution in [0.3, 0.4) is 0 Å². The highest BCUT2D eigenvalue weighted by molar-refractivity contribution is 9.10. The van der Waals surface area contributed by atoms with Gasteiger partial charge in [-0.3, -0.25) is 13.9 Å². The molecule has 1 N–H and O–H groups in total. The zero-order chi connectivity index (χ0) is 29.4. The van der Waals surface area contributed by atoms with Crippen molar-refractivity contribution in [1.29, 1.82) is 0 Å². The molecular formula is C31H38BrN3O4S. The third kappa shape index (κ3) is 7.95. The van der Waals surface area contributed by atoms with E-state index in [1.807, 2.05) is 50.2 Å². The number of hydrogen-bond acceptors (Lipinski definition) is 4. The van der Waals surface area contributed by atoms with E-state index in [-0.39, 0.29) is 29.3 Å². The van der Waals surface area contributed by atoms with E-state index < -0.39 is 28.5 Å². The number of amides is 2. The van der Waals surface area contributed by atoms with Crippen LogP contribution < -0.4 is 9.62 Å². The molecule has 0 bridgehead atoms. The van der Waals surface area contributed by atoms with Crippen LogP contribution in [0.15, 0.2) is 88.2 Å². The number of rotatable bonds is 12. The van der Waals surface area contributed by atoms with Crippen LogP contribution in [0.25, 0.3) is 0 Å². The molecule has 0 aromatic heterocycles.